The van der Waals surface area contributed by atoms with E-state index in [2.05, 4.69) is 36.5 Å². The zero-order valence-electron chi connectivity index (χ0n) is 15.2. The van der Waals surface area contributed by atoms with Crippen LogP contribution >= 0.6 is 0 Å². The van der Waals surface area contributed by atoms with Gasteiger partial charge in [0.05, 0.1) is 11.4 Å². The van der Waals surface area contributed by atoms with Crippen LogP contribution in [0.15, 0.2) is 30.5 Å². The fourth-order valence-electron chi connectivity index (χ4n) is 2.83. The Balaban J connectivity index is 1.66. The molecule has 0 spiro atoms. The summed E-state index contributed by atoms with van der Waals surface area (Å²) in [5.74, 6) is 0.663. The van der Waals surface area contributed by atoms with Crippen LogP contribution in [-0.2, 0) is 11.3 Å². The lowest BCUT2D eigenvalue weighted by molar-refractivity contribution is -0.123. The molecule has 0 aliphatic carbocycles. The summed E-state index contributed by atoms with van der Waals surface area (Å²) < 4.78 is 7.78. The average Bonchev–Trinajstić information content (AvgIpc) is 3.08. The average molecular weight is 342 g/mol. The van der Waals surface area contributed by atoms with Crippen LogP contribution in [0.5, 0.6) is 5.75 Å². The van der Waals surface area contributed by atoms with Crippen LogP contribution in [-0.4, -0.2) is 21.8 Å². The highest BCUT2D eigenvalue weighted by molar-refractivity contribution is 5.97. The molecule has 1 aromatic heterocycles. The van der Waals surface area contributed by atoms with Crippen molar-refractivity contribution in [3.63, 3.8) is 0 Å². The number of rotatable bonds is 6. The van der Waals surface area contributed by atoms with E-state index < -0.39 is 6.10 Å². The molecule has 6 heteroatoms. The summed E-state index contributed by atoms with van der Waals surface area (Å²) in [6, 6.07) is 8.47. The molecule has 2 unspecified atom stereocenters. The number of aromatic nitrogens is 2. The van der Waals surface area contributed by atoms with E-state index in [9.17, 15) is 4.79 Å². The number of amides is 1. The molecule has 2 atom stereocenters. The first-order valence-electron chi connectivity index (χ1n) is 8.86. The fourth-order valence-corrected chi connectivity index (χ4v) is 2.83. The third kappa shape index (κ3) is 3.85. The molecule has 0 radical (unpaired) electrons. The van der Waals surface area contributed by atoms with Crippen LogP contribution in [0.1, 0.15) is 57.5 Å². The number of carbonyl (C=O) groups is 1. The number of benzene rings is 1. The van der Waals surface area contributed by atoms with Gasteiger partial charge in [-0.25, -0.2) is 0 Å². The van der Waals surface area contributed by atoms with Crippen LogP contribution in [0.25, 0.3) is 0 Å². The lowest BCUT2D eigenvalue weighted by Crippen LogP contribution is -2.36. The van der Waals surface area contributed by atoms with E-state index in [1.54, 1.807) is 0 Å². The largest absolute Gasteiger partial charge is 0.478 e. The van der Waals surface area contributed by atoms with Gasteiger partial charge in [-0.2, -0.15) is 5.10 Å². The number of nitrogens with zero attached hydrogens (tertiary/aromatic N) is 2. The minimum atomic E-state index is -0.411. The minimum absolute atomic E-state index is 0.0744. The maximum Gasteiger partial charge on any atom is 0.265 e. The van der Waals surface area contributed by atoms with Crippen LogP contribution in [0, 0.1) is 0 Å². The third-order valence-electron chi connectivity index (χ3n) is 4.48. The zero-order chi connectivity index (χ0) is 18.0. The van der Waals surface area contributed by atoms with E-state index in [4.69, 9.17) is 4.74 Å². The number of hydrogen-bond acceptors (Lipinski definition) is 4. The predicted octanol–water partition coefficient (Wildman–Crippen LogP) is 3.42. The molecule has 134 valence electrons. The Hall–Kier alpha value is -2.34. The zero-order valence-corrected chi connectivity index (χ0v) is 15.2. The highest BCUT2D eigenvalue weighted by atomic mass is 16.5. The summed E-state index contributed by atoms with van der Waals surface area (Å²) in [5, 5.41) is 10.9. The van der Waals surface area contributed by atoms with Gasteiger partial charge in [-0.3, -0.25) is 9.48 Å². The predicted molar refractivity (Wildman–Crippen MR) is 97.6 cm³/mol. The van der Waals surface area contributed by atoms with Gasteiger partial charge in [-0.1, -0.05) is 13.0 Å². The number of ether oxygens (including phenoxy) is 1. The van der Waals surface area contributed by atoms with Gasteiger partial charge >= 0.3 is 0 Å². The van der Waals surface area contributed by atoms with E-state index in [0.29, 0.717) is 19.0 Å². The fraction of sp³-hybridized carbons (Fsp3) is 0.474. The molecule has 1 aliphatic rings. The summed E-state index contributed by atoms with van der Waals surface area (Å²) >= 11 is 0. The van der Waals surface area contributed by atoms with Crippen LogP contribution < -0.4 is 15.4 Å². The van der Waals surface area contributed by atoms with E-state index in [0.717, 1.165) is 22.7 Å². The molecular weight excluding hydrogens is 316 g/mol. The molecule has 0 saturated heterocycles. The van der Waals surface area contributed by atoms with E-state index in [1.807, 2.05) is 42.1 Å². The van der Waals surface area contributed by atoms with Crippen molar-refractivity contribution in [2.24, 2.45) is 0 Å². The van der Waals surface area contributed by atoms with Gasteiger partial charge in [0.15, 0.2) is 6.10 Å². The first-order valence-corrected chi connectivity index (χ1v) is 8.86. The molecule has 6 nitrogen and oxygen atoms in total. The monoisotopic (exact) mass is 342 g/mol. The molecule has 2 N–H and O–H groups in total. The minimum Gasteiger partial charge on any atom is -0.478 e. The number of carbonyl (C=O) groups excluding carboxylic acids is 1. The van der Waals surface area contributed by atoms with Gasteiger partial charge in [0.25, 0.3) is 5.91 Å². The van der Waals surface area contributed by atoms with Crippen molar-refractivity contribution in [1.82, 2.24) is 15.1 Å². The second-order valence-electron chi connectivity index (χ2n) is 6.74. The van der Waals surface area contributed by atoms with E-state index >= 15 is 0 Å². The van der Waals surface area contributed by atoms with Gasteiger partial charge in [-0.05, 0) is 51.0 Å². The standard InChI is InChI=1S/C19H26N4O2/c1-5-17-19(24)21-16-7-6-14(10-18(16)25-17)13(4)20-11-15-8-9-23(22-15)12(2)3/h6-10,12-13,17,20H,5,11H2,1-4H3,(H,21,24). The Bertz CT molecular complexity index is 754. The summed E-state index contributed by atoms with van der Waals surface area (Å²) in [5.41, 5.74) is 2.88. The van der Waals surface area contributed by atoms with Gasteiger partial charge in [-0.15, -0.1) is 0 Å². The first kappa shape index (κ1) is 17.5. The first-order chi connectivity index (χ1) is 12.0. The van der Waals surface area contributed by atoms with Crippen molar-refractivity contribution < 1.29 is 9.53 Å². The third-order valence-corrected chi connectivity index (χ3v) is 4.48. The number of nitrogens with one attached hydrogen (secondary N) is 2. The maximum absolute atomic E-state index is 11.9. The summed E-state index contributed by atoms with van der Waals surface area (Å²) in [6.07, 6.45) is 2.25. The van der Waals surface area contributed by atoms with Gasteiger partial charge in [0.1, 0.15) is 5.75 Å². The highest BCUT2D eigenvalue weighted by Crippen LogP contribution is 2.33. The van der Waals surface area contributed by atoms with Crippen LogP contribution in [0.2, 0.25) is 0 Å². The smallest absolute Gasteiger partial charge is 0.265 e. The van der Waals surface area contributed by atoms with Crippen LogP contribution in [0.4, 0.5) is 5.69 Å². The highest BCUT2D eigenvalue weighted by Gasteiger charge is 2.26. The molecule has 1 aromatic carbocycles. The molecule has 3 rings (SSSR count). The molecule has 25 heavy (non-hydrogen) atoms. The van der Waals surface area contributed by atoms with Gasteiger partial charge < -0.3 is 15.4 Å². The second kappa shape index (κ2) is 7.27. The molecule has 1 amide bonds. The number of hydrogen-bond donors (Lipinski definition) is 2. The Morgan fingerprint density at radius 2 is 2.12 bits per heavy atom. The topological polar surface area (TPSA) is 68.2 Å². The molecule has 0 saturated carbocycles. The van der Waals surface area contributed by atoms with Crippen molar-refractivity contribution in [1.29, 1.82) is 0 Å². The number of anilines is 1. The molecule has 1 aliphatic heterocycles. The summed E-state index contributed by atoms with van der Waals surface area (Å²) in [7, 11) is 0. The lowest BCUT2D eigenvalue weighted by atomic mass is 10.1. The Kier molecular flexibility index (Phi) is 5.08. The van der Waals surface area contributed by atoms with Crippen molar-refractivity contribution >= 4 is 11.6 Å². The maximum atomic E-state index is 11.9. The summed E-state index contributed by atoms with van der Waals surface area (Å²) in [6.45, 7) is 8.98. The number of fused-ring (bicyclic) bond motifs is 1. The second-order valence-corrected chi connectivity index (χ2v) is 6.74. The van der Waals surface area contributed by atoms with E-state index in [1.165, 1.54) is 0 Å². The normalized spacial score (nSPS) is 17.8. The molecule has 2 aromatic rings. The van der Waals surface area contributed by atoms with Crippen molar-refractivity contribution in [2.75, 3.05) is 5.32 Å². The Morgan fingerprint density at radius 1 is 1.32 bits per heavy atom. The Labute approximate surface area is 148 Å². The van der Waals surface area contributed by atoms with Crippen molar-refractivity contribution in [3.8, 4) is 5.75 Å². The molecule has 0 bridgehead atoms. The van der Waals surface area contributed by atoms with Gasteiger partial charge in [0, 0.05) is 24.8 Å². The molecular formula is C19H26N4O2. The van der Waals surface area contributed by atoms with Crippen molar-refractivity contribution in [3.05, 3.63) is 41.7 Å². The SMILES string of the molecule is CCC1Oc2cc(C(C)NCc3ccn(C(C)C)n3)ccc2NC1=O. The lowest BCUT2D eigenvalue weighted by Gasteiger charge is -2.26. The van der Waals surface area contributed by atoms with Crippen LogP contribution in [0.3, 0.4) is 0 Å². The summed E-state index contributed by atoms with van der Waals surface area (Å²) in [4.78, 5) is 11.9. The quantitative estimate of drug-likeness (QED) is 0.844. The van der Waals surface area contributed by atoms with Gasteiger partial charge in [0.2, 0.25) is 0 Å². The van der Waals surface area contributed by atoms with Crippen molar-refractivity contribution in [2.45, 2.75) is 58.8 Å². The molecule has 2 heterocycles. The molecule has 0 fully saturated rings. The van der Waals surface area contributed by atoms with E-state index in [-0.39, 0.29) is 11.9 Å². The Morgan fingerprint density at radius 3 is 2.80 bits per heavy atom.